The van der Waals surface area contributed by atoms with Gasteiger partial charge in [0.15, 0.2) is 0 Å². The summed E-state index contributed by atoms with van der Waals surface area (Å²) >= 11 is 0. The molecule has 0 N–H and O–H groups in total. The van der Waals surface area contributed by atoms with Crippen molar-refractivity contribution in [3.05, 3.63) is 29.8 Å². The Hall–Kier alpha value is -0.980. The molecular weight excluding hydrogens is 400 g/mol. The van der Waals surface area contributed by atoms with E-state index in [2.05, 4.69) is 38.1 Å². The number of hydrogen-bond acceptors (Lipinski definition) is 1. The summed E-state index contributed by atoms with van der Waals surface area (Å²) in [4.78, 5) is 0. The average Bonchev–Trinajstić information content (AvgIpc) is 2.87. The van der Waals surface area contributed by atoms with Crippen LogP contribution in [0.25, 0.3) is 0 Å². The zero-order chi connectivity index (χ0) is 22.9. The summed E-state index contributed by atoms with van der Waals surface area (Å²) in [7, 11) is 0. The molecule has 1 heteroatoms. The maximum Gasteiger partial charge on any atom is 0.119 e. The largest absolute Gasteiger partial charge is 0.494 e. The van der Waals surface area contributed by atoms with E-state index in [1.165, 1.54) is 70.6 Å². The van der Waals surface area contributed by atoms with E-state index in [-0.39, 0.29) is 0 Å². The summed E-state index contributed by atoms with van der Waals surface area (Å²) < 4.78 is 5.79. The van der Waals surface area contributed by atoms with Crippen LogP contribution in [0, 0.1) is 29.6 Å². The number of unbranched alkanes of at least 4 members (excludes halogenated alkanes) is 4. The minimum Gasteiger partial charge on any atom is -0.494 e. The van der Waals surface area contributed by atoms with Crippen molar-refractivity contribution in [2.75, 3.05) is 6.61 Å². The molecule has 1 aromatic carbocycles. The lowest BCUT2D eigenvalue weighted by Gasteiger charge is -2.45. The van der Waals surface area contributed by atoms with E-state index >= 15 is 0 Å². The lowest BCUT2D eigenvalue weighted by atomic mass is 9.60. The molecule has 0 radical (unpaired) electrons. The zero-order valence-corrected chi connectivity index (χ0v) is 21.9. The van der Waals surface area contributed by atoms with Gasteiger partial charge in [-0.15, -0.1) is 0 Å². The van der Waals surface area contributed by atoms with E-state index < -0.39 is 0 Å². The molecular formula is C32H52O. The Morgan fingerprint density at radius 1 is 0.636 bits per heavy atom. The molecule has 0 saturated heterocycles. The van der Waals surface area contributed by atoms with E-state index in [0.29, 0.717) is 0 Å². The lowest BCUT2D eigenvalue weighted by molar-refractivity contribution is 0.0710. The molecule has 3 fully saturated rings. The second kappa shape index (κ2) is 13.2. The van der Waals surface area contributed by atoms with E-state index in [0.717, 1.165) is 54.3 Å². The van der Waals surface area contributed by atoms with E-state index in [1.54, 1.807) is 37.7 Å². The van der Waals surface area contributed by atoms with Crippen molar-refractivity contribution in [2.45, 2.75) is 129 Å². The van der Waals surface area contributed by atoms with Crippen LogP contribution in [-0.4, -0.2) is 6.61 Å². The Kier molecular flexibility index (Phi) is 10.0. The topological polar surface area (TPSA) is 9.23 Å². The van der Waals surface area contributed by atoms with Crippen molar-refractivity contribution in [3.63, 3.8) is 0 Å². The number of rotatable bonds is 11. The molecule has 3 aliphatic rings. The third kappa shape index (κ3) is 7.25. The molecule has 0 aromatic heterocycles. The van der Waals surface area contributed by atoms with Crippen LogP contribution in [0.2, 0.25) is 0 Å². The third-order valence-corrected chi connectivity index (χ3v) is 9.75. The van der Waals surface area contributed by atoms with Gasteiger partial charge in [-0.1, -0.05) is 77.3 Å². The summed E-state index contributed by atoms with van der Waals surface area (Å²) in [6.45, 7) is 5.32. The van der Waals surface area contributed by atoms with Crippen molar-refractivity contribution in [1.29, 1.82) is 0 Å². The van der Waals surface area contributed by atoms with E-state index in [4.69, 9.17) is 4.74 Å². The van der Waals surface area contributed by atoms with Gasteiger partial charge >= 0.3 is 0 Å². The molecule has 0 aliphatic heterocycles. The zero-order valence-electron chi connectivity index (χ0n) is 21.9. The summed E-state index contributed by atoms with van der Waals surface area (Å²) in [5.41, 5.74) is 1.56. The molecule has 186 valence electrons. The summed E-state index contributed by atoms with van der Waals surface area (Å²) in [6.07, 6.45) is 25.0. The lowest BCUT2D eigenvalue weighted by Crippen LogP contribution is -2.34. The van der Waals surface area contributed by atoms with Crippen LogP contribution in [-0.2, 0) is 0 Å². The maximum absolute atomic E-state index is 5.79. The number of benzene rings is 1. The Balaban J connectivity index is 1.17. The predicted molar refractivity (Wildman–Crippen MR) is 142 cm³/mol. The second-order valence-electron chi connectivity index (χ2n) is 12.0. The Labute approximate surface area is 205 Å². The van der Waals surface area contributed by atoms with Gasteiger partial charge in [-0.05, 0) is 111 Å². The summed E-state index contributed by atoms with van der Waals surface area (Å²) in [5, 5.41) is 0. The first-order valence-electron chi connectivity index (χ1n) is 15.0. The molecule has 0 amide bonds. The van der Waals surface area contributed by atoms with Crippen LogP contribution in [0.3, 0.4) is 0 Å². The Morgan fingerprint density at radius 2 is 1.27 bits per heavy atom. The van der Waals surface area contributed by atoms with Crippen molar-refractivity contribution in [3.8, 4) is 5.75 Å². The molecule has 0 spiro atoms. The highest BCUT2D eigenvalue weighted by Gasteiger charge is 2.39. The fourth-order valence-corrected chi connectivity index (χ4v) is 7.70. The van der Waals surface area contributed by atoms with Gasteiger partial charge < -0.3 is 4.74 Å². The van der Waals surface area contributed by atoms with Gasteiger partial charge in [0, 0.05) is 0 Å². The molecule has 1 nitrogen and oxygen atoms in total. The monoisotopic (exact) mass is 452 g/mol. The fraction of sp³-hybridized carbons (Fsp3) is 0.812. The van der Waals surface area contributed by atoms with Crippen LogP contribution >= 0.6 is 0 Å². The third-order valence-electron chi connectivity index (χ3n) is 9.75. The van der Waals surface area contributed by atoms with Crippen LogP contribution in [0.4, 0.5) is 0 Å². The molecule has 0 heterocycles. The normalized spacial score (nSPS) is 32.3. The fourth-order valence-electron chi connectivity index (χ4n) is 7.70. The molecule has 3 saturated carbocycles. The smallest absolute Gasteiger partial charge is 0.119 e. The van der Waals surface area contributed by atoms with Crippen LogP contribution in [0.5, 0.6) is 5.75 Å². The Bertz CT molecular complexity index is 656. The molecule has 4 rings (SSSR count). The first-order chi connectivity index (χ1) is 16.3. The Morgan fingerprint density at radius 3 is 2.00 bits per heavy atom. The van der Waals surface area contributed by atoms with Gasteiger partial charge in [0.05, 0.1) is 6.61 Å². The highest BCUT2D eigenvalue weighted by atomic mass is 16.5. The number of fused-ring (bicyclic) bond motifs is 1. The van der Waals surface area contributed by atoms with Crippen molar-refractivity contribution in [2.24, 2.45) is 29.6 Å². The van der Waals surface area contributed by atoms with Crippen molar-refractivity contribution in [1.82, 2.24) is 0 Å². The molecule has 3 aliphatic carbocycles. The average molecular weight is 453 g/mol. The van der Waals surface area contributed by atoms with Gasteiger partial charge in [0.2, 0.25) is 0 Å². The van der Waals surface area contributed by atoms with Crippen LogP contribution in [0.1, 0.15) is 134 Å². The van der Waals surface area contributed by atoms with Gasteiger partial charge in [-0.25, -0.2) is 0 Å². The van der Waals surface area contributed by atoms with Crippen molar-refractivity contribution < 1.29 is 4.74 Å². The van der Waals surface area contributed by atoms with E-state index in [1.807, 2.05) is 0 Å². The summed E-state index contributed by atoms with van der Waals surface area (Å²) in [6, 6.07) is 9.11. The molecule has 4 unspecified atom stereocenters. The number of ether oxygens (including phenoxy) is 1. The molecule has 4 atom stereocenters. The molecule has 0 bridgehead atoms. The quantitative estimate of drug-likeness (QED) is 0.303. The van der Waals surface area contributed by atoms with Crippen LogP contribution in [0.15, 0.2) is 24.3 Å². The second-order valence-corrected chi connectivity index (χ2v) is 12.0. The van der Waals surface area contributed by atoms with Gasteiger partial charge in [0.25, 0.3) is 0 Å². The number of hydrogen-bond donors (Lipinski definition) is 0. The van der Waals surface area contributed by atoms with Gasteiger partial charge in [-0.3, -0.25) is 0 Å². The first kappa shape index (κ1) is 25.1. The minimum absolute atomic E-state index is 0.788. The highest BCUT2D eigenvalue weighted by Crippen LogP contribution is 2.51. The highest BCUT2D eigenvalue weighted by molar-refractivity contribution is 5.30. The molecule has 1 aromatic rings. The summed E-state index contributed by atoms with van der Waals surface area (Å²) in [5.74, 6) is 7.04. The maximum atomic E-state index is 5.79. The van der Waals surface area contributed by atoms with Gasteiger partial charge in [-0.2, -0.15) is 0 Å². The van der Waals surface area contributed by atoms with E-state index in [9.17, 15) is 0 Å². The minimum atomic E-state index is 0.788. The molecule has 33 heavy (non-hydrogen) atoms. The van der Waals surface area contributed by atoms with Gasteiger partial charge in [0.1, 0.15) is 5.75 Å². The van der Waals surface area contributed by atoms with Crippen LogP contribution < -0.4 is 4.74 Å². The standard InChI is InChI=1S/C32H52O/c1-3-5-6-7-8-9-25-10-12-26(13-11-25)28-14-16-31-24-29(15-17-30(31)23-28)27-18-20-32(21-19-27)33-22-4-2/h18-21,25-26,28-31H,3-17,22-24H2,1-2H3. The SMILES string of the molecule is CCCCCCCC1CCC(C2CCC3CC(c4ccc(OCCC)cc4)CCC3C2)CC1. The predicted octanol–water partition coefficient (Wildman–Crippen LogP) is 9.94. The first-order valence-corrected chi connectivity index (χ1v) is 15.0. The van der Waals surface area contributed by atoms with Crippen molar-refractivity contribution >= 4 is 0 Å².